The van der Waals surface area contributed by atoms with E-state index in [1.165, 1.54) is 6.92 Å². The molecule has 0 spiro atoms. The molecule has 5 atom stereocenters. The number of rotatable bonds is 10. The van der Waals surface area contributed by atoms with E-state index in [9.17, 15) is 19.2 Å². The Hall–Kier alpha value is -2.49. The van der Waals surface area contributed by atoms with E-state index in [2.05, 4.69) is 10.0 Å². The summed E-state index contributed by atoms with van der Waals surface area (Å²) in [4.78, 5) is 49.0. The minimum absolute atomic E-state index is 0.00974. The highest BCUT2D eigenvalue weighted by Crippen LogP contribution is 2.33. The van der Waals surface area contributed by atoms with Crippen LogP contribution in [0.15, 0.2) is 5.11 Å². The number of Topliss-reactive ketones (excluding diaryl/α,β-unsaturated/α-hetero) is 2. The van der Waals surface area contributed by atoms with E-state index in [0.29, 0.717) is 19.4 Å². The summed E-state index contributed by atoms with van der Waals surface area (Å²) in [6.45, 7) is 5.47. The number of ether oxygens (including phenoxy) is 4. The minimum Gasteiger partial charge on any atom is -0.459 e. The molecule has 2 aliphatic rings. The molecule has 2 rings (SSSR count). The first-order valence-electron chi connectivity index (χ1n) is 10.4. The SMILES string of the molecule is CC(=O)O[C@H]1C(CN=[N+]=[N-])O[C@H](OCCCCC(=O)OC2C(=O)CCC2=O)C(C)[C@H]1C. The second kappa shape index (κ2) is 11.8. The Morgan fingerprint density at radius 3 is 2.42 bits per heavy atom. The molecular formula is C20H29N3O8. The Labute approximate surface area is 180 Å². The van der Waals surface area contributed by atoms with Crippen LogP contribution >= 0.6 is 0 Å². The predicted molar refractivity (Wildman–Crippen MR) is 105 cm³/mol. The second-order valence-electron chi connectivity index (χ2n) is 7.88. The Balaban J connectivity index is 1.77. The van der Waals surface area contributed by atoms with E-state index in [1.807, 2.05) is 13.8 Å². The minimum atomic E-state index is -1.24. The van der Waals surface area contributed by atoms with Crippen LogP contribution in [0.3, 0.4) is 0 Å². The highest BCUT2D eigenvalue weighted by atomic mass is 16.7. The van der Waals surface area contributed by atoms with E-state index in [4.69, 9.17) is 24.5 Å². The van der Waals surface area contributed by atoms with Crippen molar-refractivity contribution in [3.05, 3.63) is 10.4 Å². The number of azide groups is 1. The lowest BCUT2D eigenvalue weighted by molar-refractivity contribution is -0.264. The molecule has 1 aliphatic heterocycles. The summed E-state index contributed by atoms with van der Waals surface area (Å²) in [6, 6.07) is 0. The maximum absolute atomic E-state index is 11.8. The van der Waals surface area contributed by atoms with Gasteiger partial charge in [-0.2, -0.15) is 0 Å². The lowest BCUT2D eigenvalue weighted by Crippen LogP contribution is -2.52. The molecule has 11 heteroatoms. The zero-order valence-corrected chi connectivity index (χ0v) is 18.0. The highest BCUT2D eigenvalue weighted by Gasteiger charge is 2.43. The highest BCUT2D eigenvalue weighted by molar-refractivity contribution is 6.12. The fraction of sp³-hybridized carbons (Fsp3) is 0.800. The van der Waals surface area contributed by atoms with Crippen LogP contribution in [0.4, 0.5) is 0 Å². The molecule has 172 valence electrons. The van der Waals surface area contributed by atoms with Crippen molar-refractivity contribution in [2.75, 3.05) is 13.2 Å². The summed E-state index contributed by atoms with van der Waals surface area (Å²) < 4.78 is 22.1. The van der Waals surface area contributed by atoms with Gasteiger partial charge in [-0.05, 0) is 18.4 Å². The van der Waals surface area contributed by atoms with Gasteiger partial charge < -0.3 is 18.9 Å². The van der Waals surface area contributed by atoms with Gasteiger partial charge in [0.2, 0.25) is 6.10 Å². The number of carbonyl (C=O) groups is 4. The molecule has 0 aromatic heterocycles. The molecule has 1 aliphatic carbocycles. The second-order valence-corrected chi connectivity index (χ2v) is 7.88. The van der Waals surface area contributed by atoms with Gasteiger partial charge in [0.1, 0.15) is 12.2 Å². The molecule has 0 bridgehead atoms. The number of hydrogen-bond donors (Lipinski definition) is 0. The number of nitrogens with zero attached hydrogens (tertiary/aromatic N) is 3. The Kier molecular flexibility index (Phi) is 9.42. The van der Waals surface area contributed by atoms with Crippen LogP contribution in [-0.2, 0) is 38.1 Å². The third-order valence-electron chi connectivity index (χ3n) is 5.59. The van der Waals surface area contributed by atoms with Crippen molar-refractivity contribution in [2.24, 2.45) is 17.0 Å². The Morgan fingerprint density at radius 1 is 1.13 bits per heavy atom. The van der Waals surface area contributed by atoms with Gasteiger partial charge in [-0.1, -0.05) is 19.0 Å². The van der Waals surface area contributed by atoms with Gasteiger partial charge in [-0.15, -0.1) is 0 Å². The Morgan fingerprint density at radius 2 is 1.81 bits per heavy atom. The number of esters is 2. The summed E-state index contributed by atoms with van der Waals surface area (Å²) in [5.74, 6) is -1.88. The van der Waals surface area contributed by atoms with Gasteiger partial charge in [0, 0.05) is 49.5 Å². The molecule has 0 N–H and O–H groups in total. The first-order valence-corrected chi connectivity index (χ1v) is 10.4. The van der Waals surface area contributed by atoms with Gasteiger partial charge in [-0.3, -0.25) is 19.2 Å². The number of hydrogen-bond acceptors (Lipinski definition) is 9. The van der Waals surface area contributed by atoms with Crippen LogP contribution in [0.2, 0.25) is 0 Å². The molecule has 0 aromatic carbocycles. The summed E-state index contributed by atoms with van der Waals surface area (Å²) in [7, 11) is 0. The fourth-order valence-electron chi connectivity index (χ4n) is 3.67. The Bertz CT molecular complexity index is 720. The van der Waals surface area contributed by atoms with E-state index < -0.39 is 36.5 Å². The number of carbonyl (C=O) groups excluding carboxylic acids is 4. The summed E-state index contributed by atoms with van der Waals surface area (Å²) >= 11 is 0. The van der Waals surface area contributed by atoms with Crippen molar-refractivity contribution in [1.82, 2.24) is 0 Å². The summed E-state index contributed by atoms with van der Waals surface area (Å²) in [6.07, 6.45) is -1.66. The lowest BCUT2D eigenvalue weighted by atomic mass is 9.84. The van der Waals surface area contributed by atoms with Crippen molar-refractivity contribution in [1.29, 1.82) is 0 Å². The van der Waals surface area contributed by atoms with Crippen molar-refractivity contribution >= 4 is 23.5 Å². The third-order valence-corrected chi connectivity index (χ3v) is 5.59. The fourth-order valence-corrected chi connectivity index (χ4v) is 3.67. The zero-order chi connectivity index (χ0) is 23.0. The molecule has 31 heavy (non-hydrogen) atoms. The van der Waals surface area contributed by atoms with Gasteiger partial charge in [-0.25, -0.2) is 0 Å². The molecule has 1 heterocycles. The number of unbranched alkanes of at least 4 members (excludes halogenated alkanes) is 1. The summed E-state index contributed by atoms with van der Waals surface area (Å²) in [5, 5.41) is 3.54. The molecule has 0 radical (unpaired) electrons. The molecule has 2 unspecified atom stereocenters. The molecular weight excluding hydrogens is 410 g/mol. The van der Waals surface area contributed by atoms with Crippen molar-refractivity contribution in [3.8, 4) is 0 Å². The third kappa shape index (κ3) is 7.02. The molecule has 0 aromatic rings. The van der Waals surface area contributed by atoms with Gasteiger partial charge in [0.25, 0.3) is 0 Å². The standard InChI is InChI=1S/C20H29N3O8/c1-11-12(2)20(30-16(10-22-23-21)18(11)29-13(3)24)28-9-5-4-6-17(27)31-19-14(25)7-8-15(19)26/h11-12,16,18-20H,4-10H2,1-3H3/t11-,12?,16?,18-,20+/m1/s1. The van der Waals surface area contributed by atoms with Crippen molar-refractivity contribution in [2.45, 2.75) is 77.5 Å². The van der Waals surface area contributed by atoms with E-state index in [0.717, 1.165) is 0 Å². The lowest BCUT2D eigenvalue weighted by Gasteiger charge is -2.43. The predicted octanol–water partition coefficient (Wildman–Crippen LogP) is 2.26. The monoisotopic (exact) mass is 439 g/mol. The maximum atomic E-state index is 11.8. The average Bonchev–Trinajstić information content (AvgIpc) is 3.03. The first-order chi connectivity index (χ1) is 14.7. The van der Waals surface area contributed by atoms with Crippen LogP contribution in [0.5, 0.6) is 0 Å². The smallest absolute Gasteiger partial charge is 0.306 e. The molecule has 2 fully saturated rings. The van der Waals surface area contributed by atoms with Gasteiger partial charge in [0.05, 0.1) is 6.54 Å². The first kappa shape index (κ1) is 24.8. The topological polar surface area (TPSA) is 154 Å². The van der Waals surface area contributed by atoms with Crippen LogP contribution < -0.4 is 0 Å². The van der Waals surface area contributed by atoms with Crippen molar-refractivity contribution < 1.29 is 38.1 Å². The molecule has 11 nitrogen and oxygen atoms in total. The van der Waals surface area contributed by atoms with Gasteiger partial charge in [0.15, 0.2) is 17.9 Å². The van der Waals surface area contributed by atoms with Gasteiger partial charge >= 0.3 is 11.9 Å². The molecule has 0 amide bonds. The normalized spacial score (nSPS) is 28.8. The maximum Gasteiger partial charge on any atom is 0.306 e. The largest absolute Gasteiger partial charge is 0.459 e. The van der Waals surface area contributed by atoms with Crippen molar-refractivity contribution in [3.63, 3.8) is 0 Å². The van der Waals surface area contributed by atoms with Crippen LogP contribution in [0.25, 0.3) is 10.4 Å². The molecule has 1 saturated carbocycles. The molecule has 1 saturated heterocycles. The van der Waals surface area contributed by atoms with E-state index in [-0.39, 0.29) is 49.2 Å². The summed E-state index contributed by atoms with van der Waals surface area (Å²) in [5.41, 5.74) is 8.60. The van der Waals surface area contributed by atoms with E-state index >= 15 is 0 Å². The van der Waals surface area contributed by atoms with Crippen LogP contribution in [-0.4, -0.2) is 61.3 Å². The van der Waals surface area contributed by atoms with Crippen LogP contribution in [0.1, 0.15) is 52.9 Å². The zero-order valence-electron chi connectivity index (χ0n) is 18.0. The van der Waals surface area contributed by atoms with Crippen LogP contribution in [0, 0.1) is 11.8 Å². The quantitative estimate of drug-likeness (QED) is 0.125. The average molecular weight is 439 g/mol. The van der Waals surface area contributed by atoms with E-state index in [1.54, 1.807) is 0 Å². The number of ketones is 2.